The highest BCUT2D eigenvalue weighted by Crippen LogP contribution is 2.20. The van der Waals surface area contributed by atoms with Crippen molar-refractivity contribution in [2.45, 2.75) is 12.2 Å². The number of hydrogen-bond acceptors (Lipinski definition) is 5. The second-order valence-electron chi connectivity index (χ2n) is 3.49. The maximum atomic E-state index is 11.1. The summed E-state index contributed by atoms with van der Waals surface area (Å²) in [4.78, 5) is 4.16. The molecule has 90 valence electrons. The third-order valence-electron chi connectivity index (χ3n) is 2.22. The Morgan fingerprint density at radius 3 is 2.88 bits per heavy atom. The number of nitrogens with one attached hydrogen (secondary N) is 1. The number of ether oxygens (including phenoxy) is 1. The van der Waals surface area contributed by atoms with Crippen LogP contribution in [-0.4, -0.2) is 34.4 Å². The van der Waals surface area contributed by atoms with Crippen molar-refractivity contribution in [1.82, 2.24) is 4.98 Å². The van der Waals surface area contributed by atoms with Gasteiger partial charge < -0.3 is 15.8 Å². The molecule has 0 saturated carbocycles. The van der Waals surface area contributed by atoms with Gasteiger partial charge >= 0.3 is 0 Å². The monoisotopic (exact) mass is 243 g/mol. The zero-order valence-corrected chi connectivity index (χ0v) is 10.5. The van der Waals surface area contributed by atoms with E-state index in [0.717, 1.165) is 0 Å². The van der Waals surface area contributed by atoms with Gasteiger partial charge in [-0.1, -0.05) is 0 Å². The molecule has 0 fully saturated rings. The first-order chi connectivity index (χ1) is 7.54. The van der Waals surface area contributed by atoms with Gasteiger partial charge in [-0.25, -0.2) is 0 Å². The molecule has 5 nitrogen and oxygen atoms in total. The first kappa shape index (κ1) is 12.8. The Labute approximate surface area is 97.9 Å². The number of pyridine rings is 1. The number of nitrogens with zero attached hydrogens (tertiary/aromatic N) is 1. The van der Waals surface area contributed by atoms with E-state index in [0.29, 0.717) is 23.9 Å². The fourth-order valence-electron chi connectivity index (χ4n) is 1.08. The SMILES string of the molecule is COc1nc(NCC(C)S(C)=O)ccc1N. The minimum atomic E-state index is -0.842. The molecular formula is C10H17N3O2S. The van der Waals surface area contributed by atoms with Gasteiger partial charge in [-0.05, 0) is 19.1 Å². The first-order valence-electron chi connectivity index (χ1n) is 4.91. The maximum absolute atomic E-state index is 11.1. The summed E-state index contributed by atoms with van der Waals surface area (Å²) in [5.74, 6) is 1.07. The standard InChI is InChI=1S/C10H17N3O2S/c1-7(16(3)14)6-12-9-5-4-8(11)10(13-9)15-2/h4-5,7H,6,11H2,1-3H3,(H,12,13). The van der Waals surface area contributed by atoms with Gasteiger partial charge in [0, 0.05) is 28.9 Å². The predicted octanol–water partition coefficient (Wildman–Crippen LogP) is 0.851. The Balaban J connectivity index is 2.64. The summed E-state index contributed by atoms with van der Waals surface area (Å²) in [5, 5.41) is 3.16. The van der Waals surface area contributed by atoms with E-state index in [1.54, 1.807) is 18.4 Å². The quantitative estimate of drug-likeness (QED) is 0.801. The molecule has 1 heterocycles. The molecule has 16 heavy (non-hydrogen) atoms. The lowest BCUT2D eigenvalue weighted by atomic mass is 10.4. The van der Waals surface area contributed by atoms with Gasteiger partial charge in [-0.2, -0.15) is 4.98 Å². The molecule has 3 N–H and O–H groups in total. The van der Waals surface area contributed by atoms with E-state index in [4.69, 9.17) is 10.5 Å². The highest BCUT2D eigenvalue weighted by atomic mass is 32.2. The van der Waals surface area contributed by atoms with Crippen LogP contribution in [0.25, 0.3) is 0 Å². The van der Waals surface area contributed by atoms with Crippen LogP contribution in [0.2, 0.25) is 0 Å². The smallest absolute Gasteiger partial charge is 0.238 e. The molecule has 6 heteroatoms. The van der Waals surface area contributed by atoms with E-state index in [-0.39, 0.29) is 5.25 Å². The number of hydrogen-bond donors (Lipinski definition) is 2. The Hall–Kier alpha value is -1.30. The normalized spacial score (nSPS) is 14.2. The van der Waals surface area contributed by atoms with E-state index < -0.39 is 10.8 Å². The minimum absolute atomic E-state index is 0.0744. The molecule has 0 aromatic carbocycles. The Morgan fingerprint density at radius 2 is 2.31 bits per heavy atom. The second kappa shape index (κ2) is 5.69. The summed E-state index contributed by atoms with van der Waals surface area (Å²) < 4.78 is 16.2. The van der Waals surface area contributed by atoms with Crippen molar-refractivity contribution in [3.63, 3.8) is 0 Å². The zero-order chi connectivity index (χ0) is 12.1. The molecule has 0 aliphatic heterocycles. The Morgan fingerprint density at radius 1 is 1.62 bits per heavy atom. The van der Waals surface area contributed by atoms with Crippen molar-refractivity contribution in [2.75, 3.05) is 31.0 Å². The first-order valence-corrected chi connectivity index (χ1v) is 6.53. The molecule has 1 aromatic rings. The van der Waals surface area contributed by atoms with Gasteiger partial charge in [0.25, 0.3) is 0 Å². The molecule has 0 bridgehead atoms. The summed E-state index contributed by atoms with van der Waals surface area (Å²) in [6.45, 7) is 2.51. The third kappa shape index (κ3) is 3.37. The van der Waals surface area contributed by atoms with Crippen molar-refractivity contribution >= 4 is 22.3 Å². The number of anilines is 2. The number of nitrogen functional groups attached to an aromatic ring is 1. The van der Waals surface area contributed by atoms with Crippen molar-refractivity contribution in [1.29, 1.82) is 0 Å². The van der Waals surface area contributed by atoms with Gasteiger partial charge in [0.05, 0.1) is 12.8 Å². The third-order valence-corrected chi connectivity index (χ3v) is 3.52. The average Bonchev–Trinajstić information content (AvgIpc) is 2.27. The molecule has 0 amide bonds. The van der Waals surface area contributed by atoms with Gasteiger partial charge in [0.2, 0.25) is 5.88 Å². The van der Waals surface area contributed by atoms with Crippen molar-refractivity contribution in [3.8, 4) is 5.88 Å². The molecule has 0 spiro atoms. The van der Waals surface area contributed by atoms with Crippen LogP contribution in [0.1, 0.15) is 6.92 Å². The Kier molecular flexibility index (Phi) is 4.54. The lowest BCUT2D eigenvalue weighted by Crippen LogP contribution is -2.21. The molecule has 0 aliphatic carbocycles. The number of nitrogens with two attached hydrogens (primary N) is 1. The molecule has 0 aliphatic rings. The molecule has 2 atom stereocenters. The van der Waals surface area contributed by atoms with Crippen LogP contribution in [0, 0.1) is 0 Å². The zero-order valence-electron chi connectivity index (χ0n) is 9.69. The van der Waals surface area contributed by atoms with Crippen molar-refractivity contribution in [2.24, 2.45) is 0 Å². The van der Waals surface area contributed by atoms with Gasteiger partial charge in [0.1, 0.15) is 5.82 Å². The lowest BCUT2D eigenvalue weighted by molar-refractivity contribution is 0.401. The van der Waals surface area contributed by atoms with Crippen LogP contribution < -0.4 is 15.8 Å². The maximum Gasteiger partial charge on any atom is 0.238 e. The number of rotatable bonds is 5. The Bertz CT molecular complexity index is 384. The summed E-state index contributed by atoms with van der Waals surface area (Å²) in [5.41, 5.74) is 6.14. The summed E-state index contributed by atoms with van der Waals surface area (Å²) >= 11 is 0. The molecule has 1 aromatic heterocycles. The van der Waals surface area contributed by atoms with Crippen LogP contribution in [-0.2, 0) is 10.8 Å². The van der Waals surface area contributed by atoms with Crippen molar-refractivity contribution in [3.05, 3.63) is 12.1 Å². The highest BCUT2D eigenvalue weighted by Gasteiger charge is 2.07. The van der Waals surface area contributed by atoms with Crippen LogP contribution in [0.15, 0.2) is 12.1 Å². The van der Waals surface area contributed by atoms with Gasteiger partial charge in [0.15, 0.2) is 0 Å². The largest absolute Gasteiger partial charge is 0.479 e. The average molecular weight is 243 g/mol. The molecule has 2 unspecified atom stereocenters. The van der Waals surface area contributed by atoms with Gasteiger partial charge in [-0.15, -0.1) is 0 Å². The van der Waals surface area contributed by atoms with Crippen LogP contribution >= 0.6 is 0 Å². The van der Waals surface area contributed by atoms with Gasteiger partial charge in [-0.3, -0.25) is 4.21 Å². The van der Waals surface area contributed by atoms with E-state index in [1.165, 1.54) is 7.11 Å². The second-order valence-corrected chi connectivity index (χ2v) is 5.29. The summed E-state index contributed by atoms with van der Waals surface area (Å²) in [6, 6.07) is 3.49. The fraction of sp³-hybridized carbons (Fsp3) is 0.500. The summed E-state index contributed by atoms with van der Waals surface area (Å²) in [7, 11) is 0.678. The van der Waals surface area contributed by atoms with Crippen LogP contribution in [0.5, 0.6) is 5.88 Å². The summed E-state index contributed by atoms with van der Waals surface area (Å²) in [6.07, 6.45) is 1.68. The van der Waals surface area contributed by atoms with Crippen LogP contribution in [0.4, 0.5) is 11.5 Å². The van der Waals surface area contributed by atoms with E-state index in [1.807, 2.05) is 6.92 Å². The van der Waals surface area contributed by atoms with E-state index >= 15 is 0 Å². The van der Waals surface area contributed by atoms with E-state index in [2.05, 4.69) is 10.3 Å². The highest BCUT2D eigenvalue weighted by molar-refractivity contribution is 7.84. The van der Waals surface area contributed by atoms with E-state index in [9.17, 15) is 4.21 Å². The molecule has 1 rings (SSSR count). The predicted molar refractivity (Wildman–Crippen MR) is 67.2 cm³/mol. The molecule has 0 radical (unpaired) electrons. The topological polar surface area (TPSA) is 77.2 Å². The lowest BCUT2D eigenvalue weighted by Gasteiger charge is -2.11. The van der Waals surface area contributed by atoms with Crippen LogP contribution in [0.3, 0.4) is 0 Å². The number of methoxy groups -OCH3 is 1. The number of aromatic nitrogens is 1. The fourth-order valence-corrected chi connectivity index (χ4v) is 1.40. The molecule has 0 saturated heterocycles. The molecular weight excluding hydrogens is 226 g/mol. The van der Waals surface area contributed by atoms with Crippen molar-refractivity contribution < 1.29 is 8.95 Å². The minimum Gasteiger partial charge on any atom is -0.479 e.